The predicted octanol–water partition coefficient (Wildman–Crippen LogP) is 2.46. The molecule has 3 heterocycles. The number of nitrogens with zero attached hydrogens (tertiary/aromatic N) is 3. The molecule has 7 nitrogen and oxygen atoms in total. The first-order valence-electron chi connectivity index (χ1n) is 9.68. The number of carbonyl (C=O) groups excluding carboxylic acids is 2. The lowest BCUT2D eigenvalue weighted by Gasteiger charge is -2.35. The fourth-order valence-corrected chi connectivity index (χ4v) is 4.38. The molecule has 0 spiro atoms. The molecule has 148 valence electrons. The third-order valence-electron chi connectivity index (χ3n) is 5.84. The van der Waals surface area contributed by atoms with Gasteiger partial charge in [-0.05, 0) is 43.4 Å². The zero-order valence-electron chi connectivity index (χ0n) is 15.6. The van der Waals surface area contributed by atoms with Gasteiger partial charge >= 0.3 is 6.03 Å². The maximum Gasteiger partial charge on any atom is 0.315 e. The van der Waals surface area contributed by atoms with E-state index < -0.39 is 12.1 Å². The third kappa shape index (κ3) is 3.46. The largest absolute Gasteiger partial charge is 0.351 e. The number of hydrogen-bond acceptors (Lipinski definition) is 3. The number of likely N-dealkylation sites (tertiary alicyclic amines) is 2. The molecular weight excluding hydrogens is 361 g/mol. The highest BCUT2D eigenvalue weighted by atomic mass is 19.1. The van der Waals surface area contributed by atoms with E-state index in [1.165, 1.54) is 17.0 Å². The number of nitrogens with two attached hydrogens (primary N) is 1. The van der Waals surface area contributed by atoms with Crippen LogP contribution in [-0.2, 0) is 4.79 Å². The van der Waals surface area contributed by atoms with Gasteiger partial charge in [-0.1, -0.05) is 12.1 Å². The van der Waals surface area contributed by atoms with Crippen LogP contribution in [0.5, 0.6) is 0 Å². The molecule has 8 heteroatoms. The lowest BCUT2D eigenvalue weighted by atomic mass is 9.89. The Labute approximate surface area is 162 Å². The van der Waals surface area contributed by atoms with Crippen molar-refractivity contribution in [2.45, 2.75) is 37.6 Å². The number of aromatic amines is 1. The molecule has 2 aromatic rings. The first-order chi connectivity index (χ1) is 13.5. The summed E-state index contributed by atoms with van der Waals surface area (Å²) >= 11 is 0. The molecule has 0 radical (unpaired) electrons. The molecule has 0 bridgehead atoms. The van der Waals surface area contributed by atoms with Crippen LogP contribution < -0.4 is 5.73 Å². The Hall–Kier alpha value is -2.90. The number of hydrogen-bond donors (Lipinski definition) is 2. The summed E-state index contributed by atoms with van der Waals surface area (Å²) in [5.74, 6) is -0.0639. The first kappa shape index (κ1) is 18.5. The van der Waals surface area contributed by atoms with E-state index in [1.807, 2.05) is 11.0 Å². The summed E-state index contributed by atoms with van der Waals surface area (Å²) < 4.78 is 13.6. The second kappa shape index (κ2) is 7.61. The van der Waals surface area contributed by atoms with Crippen LogP contribution in [0.2, 0.25) is 0 Å². The Balaban J connectivity index is 1.43. The summed E-state index contributed by atoms with van der Waals surface area (Å²) in [6.07, 6.45) is 4.79. The highest BCUT2D eigenvalue weighted by Gasteiger charge is 2.37. The van der Waals surface area contributed by atoms with E-state index in [4.69, 9.17) is 5.73 Å². The Bertz CT molecular complexity index is 875. The van der Waals surface area contributed by atoms with Crippen molar-refractivity contribution < 1.29 is 14.0 Å². The van der Waals surface area contributed by atoms with Gasteiger partial charge in [-0.15, -0.1) is 0 Å². The van der Waals surface area contributed by atoms with Gasteiger partial charge in [0.1, 0.15) is 11.9 Å². The molecule has 3 amide bonds. The van der Waals surface area contributed by atoms with Gasteiger partial charge in [0.05, 0.1) is 6.20 Å². The van der Waals surface area contributed by atoms with Gasteiger partial charge in [0.25, 0.3) is 0 Å². The Kier molecular flexibility index (Phi) is 5.02. The minimum absolute atomic E-state index is 0.00952. The smallest absolute Gasteiger partial charge is 0.315 e. The number of halogens is 1. The van der Waals surface area contributed by atoms with Crippen LogP contribution >= 0.6 is 0 Å². The van der Waals surface area contributed by atoms with Crippen LogP contribution in [-0.4, -0.2) is 57.6 Å². The Morgan fingerprint density at radius 2 is 1.96 bits per heavy atom. The molecule has 3 N–H and O–H groups in total. The van der Waals surface area contributed by atoms with Crippen LogP contribution in [0.3, 0.4) is 0 Å². The van der Waals surface area contributed by atoms with Gasteiger partial charge in [-0.2, -0.15) is 5.10 Å². The number of carbonyl (C=O) groups is 2. The number of piperidine rings is 1. The third-order valence-corrected chi connectivity index (χ3v) is 5.84. The van der Waals surface area contributed by atoms with Crippen molar-refractivity contribution in [1.82, 2.24) is 20.0 Å². The second-order valence-electron chi connectivity index (χ2n) is 7.50. The summed E-state index contributed by atoms with van der Waals surface area (Å²) in [5, 5.41) is 7.23. The Morgan fingerprint density at radius 3 is 2.68 bits per heavy atom. The van der Waals surface area contributed by atoms with E-state index >= 15 is 0 Å². The second-order valence-corrected chi connectivity index (χ2v) is 7.50. The van der Waals surface area contributed by atoms with Crippen LogP contribution in [0.1, 0.15) is 37.3 Å². The van der Waals surface area contributed by atoms with E-state index in [2.05, 4.69) is 10.2 Å². The quantitative estimate of drug-likeness (QED) is 0.850. The molecule has 28 heavy (non-hydrogen) atoms. The van der Waals surface area contributed by atoms with Crippen molar-refractivity contribution in [3.63, 3.8) is 0 Å². The van der Waals surface area contributed by atoms with Gasteiger partial charge in [0.2, 0.25) is 5.91 Å². The summed E-state index contributed by atoms with van der Waals surface area (Å²) in [4.78, 5) is 27.7. The monoisotopic (exact) mass is 385 g/mol. The molecule has 1 aromatic carbocycles. The van der Waals surface area contributed by atoms with E-state index in [1.54, 1.807) is 12.3 Å². The van der Waals surface area contributed by atoms with Crippen LogP contribution in [0, 0.1) is 5.82 Å². The number of benzene rings is 1. The van der Waals surface area contributed by atoms with Gasteiger partial charge in [0, 0.05) is 36.8 Å². The number of urea groups is 1. The molecule has 2 fully saturated rings. The fourth-order valence-electron chi connectivity index (χ4n) is 4.38. The maximum atomic E-state index is 13.6. The minimum Gasteiger partial charge on any atom is -0.351 e. The highest BCUT2D eigenvalue weighted by Crippen LogP contribution is 2.34. The zero-order chi connectivity index (χ0) is 19.7. The molecule has 1 atom stereocenters. The van der Waals surface area contributed by atoms with E-state index in [9.17, 15) is 14.0 Å². The average Bonchev–Trinajstić information content (AvgIpc) is 3.37. The van der Waals surface area contributed by atoms with Crippen LogP contribution in [0.4, 0.5) is 9.18 Å². The standard InChI is InChI=1S/C20H24FN5O2/c21-15-4-1-3-14(11-15)16-12-23-24-18(16)13-6-9-25(10-7-13)19(27)17-5-2-8-26(17)20(22)28/h1,3-4,11-13,17H,2,5-10H2,(H2,22,28)(H,23,24). The molecule has 1 unspecified atom stereocenters. The predicted molar refractivity (Wildman–Crippen MR) is 102 cm³/mol. The summed E-state index contributed by atoms with van der Waals surface area (Å²) in [6.45, 7) is 1.79. The molecular formula is C20H24FN5O2. The van der Waals surface area contributed by atoms with Crippen molar-refractivity contribution in [2.75, 3.05) is 19.6 Å². The minimum atomic E-state index is -0.525. The highest BCUT2D eigenvalue weighted by molar-refractivity contribution is 5.87. The SMILES string of the molecule is NC(=O)N1CCCC1C(=O)N1CCC(c2[nH]ncc2-c2cccc(F)c2)CC1. The molecule has 4 rings (SSSR count). The van der Waals surface area contributed by atoms with Gasteiger partial charge in [-0.3, -0.25) is 9.89 Å². The molecule has 1 aromatic heterocycles. The van der Waals surface area contributed by atoms with Crippen LogP contribution in [0.25, 0.3) is 11.1 Å². The number of primary amides is 1. The van der Waals surface area contributed by atoms with Gasteiger partial charge in [0.15, 0.2) is 0 Å². The lowest BCUT2D eigenvalue weighted by molar-refractivity contribution is -0.136. The van der Waals surface area contributed by atoms with Crippen molar-refractivity contribution in [3.8, 4) is 11.1 Å². The number of H-pyrrole nitrogens is 1. The van der Waals surface area contributed by atoms with Crippen molar-refractivity contribution in [3.05, 3.63) is 42.0 Å². The van der Waals surface area contributed by atoms with Crippen LogP contribution in [0.15, 0.2) is 30.5 Å². The number of aromatic nitrogens is 2. The Morgan fingerprint density at radius 1 is 1.18 bits per heavy atom. The number of nitrogens with one attached hydrogen (secondary N) is 1. The summed E-state index contributed by atoms with van der Waals surface area (Å²) in [6, 6.07) is 5.53. The maximum absolute atomic E-state index is 13.6. The summed E-state index contributed by atoms with van der Waals surface area (Å²) in [7, 11) is 0. The fraction of sp³-hybridized carbons (Fsp3) is 0.450. The number of amides is 3. The van der Waals surface area contributed by atoms with Crippen molar-refractivity contribution >= 4 is 11.9 Å². The zero-order valence-corrected chi connectivity index (χ0v) is 15.6. The molecule has 0 aliphatic carbocycles. The average molecular weight is 385 g/mol. The molecule has 0 saturated carbocycles. The molecule has 2 saturated heterocycles. The van der Waals surface area contributed by atoms with E-state index in [0.717, 1.165) is 36.1 Å². The van der Waals surface area contributed by atoms with E-state index in [0.29, 0.717) is 26.1 Å². The van der Waals surface area contributed by atoms with E-state index in [-0.39, 0.29) is 17.6 Å². The first-order valence-corrected chi connectivity index (χ1v) is 9.68. The van der Waals surface area contributed by atoms with Crippen molar-refractivity contribution in [1.29, 1.82) is 0 Å². The van der Waals surface area contributed by atoms with Crippen molar-refractivity contribution in [2.24, 2.45) is 5.73 Å². The topological polar surface area (TPSA) is 95.3 Å². The number of rotatable bonds is 3. The van der Waals surface area contributed by atoms with Gasteiger partial charge < -0.3 is 15.5 Å². The molecule has 2 aliphatic rings. The lowest BCUT2D eigenvalue weighted by Crippen LogP contribution is -2.51. The summed E-state index contributed by atoms with van der Waals surface area (Å²) in [5.41, 5.74) is 8.09. The molecule has 2 aliphatic heterocycles. The normalized spacial score (nSPS) is 20.5. The van der Waals surface area contributed by atoms with Gasteiger partial charge in [-0.25, -0.2) is 9.18 Å².